The van der Waals surface area contributed by atoms with Crippen LogP contribution in [0.4, 0.5) is 0 Å². The first-order chi connectivity index (χ1) is 6.46. The van der Waals surface area contributed by atoms with Crippen LogP contribution >= 0.6 is 0 Å². The van der Waals surface area contributed by atoms with E-state index >= 15 is 0 Å². The molecule has 0 amide bonds. The molecule has 86 valence electrons. The van der Waals surface area contributed by atoms with Crippen LogP contribution in [0.25, 0.3) is 0 Å². The molecule has 0 radical (unpaired) electrons. The molecule has 0 aliphatic heterocycles. The third-order valence-corrected chi connectivity index (χ3v) is 4.09. The van der Waals surface area contributed by atoms with Gasteiger partial charge in [-0.15, -0.1) is 0 Å². The van der Waals surface area contributed by atoms with Crippen LogP contribution < -0.4 is 0 Å². The smallest absolute Gasteiger partial charge is 0.0859 e. The topological polar surface area (TPSA) is 0 Å². The SMILES string of the molecule is CCCCCC(C)[N+](C)(C)C(C)CC. The third kappa shape index (κ3) is 4.00. The number of hydrogen-bond donors (Lipinski definition) is 0. The van der Waals surface area contributed by atoms with Gasteiger partial charge in [0.15, 0.2) is 0 Å². The Labute approximate surface area is 91.1 Å². The van der Waals surface area contributed by atoms with Crippen LogP contribution in [0.5, 0.6) is 0 Å². The van der Waals surface area contributed by atoms with Gasteiger partial charge in [0.25, 0.3) is 0 Å². The molecule has 0 bridgehead atoms. The Hall–Kier alpha value is -0.0400. The molecule has 0 aromatic carbocycles. The molecule has 0 rings (SSSR count). The van der Waals surface area contributed by atoms with Gasteiger partial charge >= 0.3 is 0 Å². The lowest BCUT2D eigenvalue weighted by Crippen LogP contribution is -2.53. The Bertz CT molecular complexity index is 140. The molecule has 0 aliphatic rings. The van der Waals surface area contributed by atoms with Crippen LogP contribution in [0.15, 0.2) is 0 Å². The second kappa shape index (κ2) is 6.44. The molecule has 0 aromatic heterocycles. The van der Waals surface area contributed by atoms with Gasteiger partial charge in [-0.3, -0.25) is 0 Å². The highest BCUT2D eigenvalue weighted by atomic mass is 15.3. The summed E-state index contributed by atoms with van der Waals surface area (Å²) < 4.78 is 1.18. The number of unbranched alkanes of at least 4 members (excludes halogenated alkanes) is 2. The average Bonchev–Trinajstić information content (AvgIpc) is 2.16. The van der Waals surface area contributed by atoms with E-state index in [0.29, 0.717) is 0 Å². The second-order valence-corrected chi connectivity index (χ2v) is 5.23. The lowest BCUT2D eigenvalue weighted by atomic mass is 10.0. The van der Waals surface area contributed by atoms with Crippen molar-refractivity contribution < 1.29 is 4.48 Å². The van der Waals surface area contributed by atoms with Gasteiger partial charge in [0.1, 0.15) is 0 Å². The van der Waals surface area contributed by atoms with Crippen molar-refractivity contribution in [3.05, 3.63) is 0 Å². The molecule has 1 heteroatoms. The highest BCUT2D eigenvalue weighted by Crippen LogP contribution is 2.19. The minimum absolute atomic E-state index is 0.784. The maximum atomic E-state index is 2.40. The average molecular weight is 200 g/mol. The van der Waals surface area contributed by atoms with Gasteiger partial charge in [0, 0.05) is 0 Å². The summed E-state index contributed by atoms with van der Waals surface area (Å²) in [5, 5.41) is 0. The molecule has 0 heterocycles. The van der Waals surface area contributed by atoms with E-state index in [0.717, 1.165) is 12.1 Å². The first-order valence-corrected chi connectivity index (χ1v) is 6.30. The highest BCUT2D eigenvalue weighted by molar-refractivity contribution is 4.56. The van der Waals surface area contributed by atoms with E-state index < -0.39 is 0 Å². The van der Waals surface area contributed by atoms with Crippen LogP contribution in [0.2, 0.25) is 0 Å². The van der Waals surface area contributed by atoms with E-state index in [1.807, 2.05) is 0 Å². The van der Waals surface area contributed by atoms with Crippen LogP contribution in [0.1, 0.15) is 59.8 Å². The van der Waals surface area contributed by atoms with Gasteiger partial charge in [-0.05, 0) is 33.1 Å². The molecule has 0 aliphatic carbocycles. The fourth-order valence-electron chi connectivity index (χ4n) is 1.93. The fraction of sp³-hybridized carbons (Fsp3) is 1.00. The molecule has 0 saturated heterocycles. The van der Waals surface area contributed by atoms with E-state index in [1.54, 1.807) is 0 Å². The van der Waals surface area contributed by atoms with Gasteiger partial charge in [-0.1, -0.05) is 26.7 Å². The van der Waals surface area contributed by atoms with Gasteiger partial charge in [0.2, 0.25) is 0 Å². The predicted molar refractivity (Wildman–Crippen MR) is 65.5 cm³/mol. The Balaban J connectivity index is 4.00. The van der Waals surface area contributed by atoms with Crippen molar-refractivity contribution in [2.24, 2.45) is 0 Å². The molecular formula is C13H30N+. The quantitative estimate of drug-likeness (QED) is 0.433. The molecule has 0 spiro atoms. The lowest BCUT2D eigenvalue weighted by molar-refractivity contribution is -0.935. The van der Waals surface area contributed by atoms with Crippen LogP contribution in [-0.2, 0) is 0 Å². The van der Waals surface area contributed by atoms with Gasteiger partial charge in [-0.25, -0.2) is 0 Å². The summed E-state index contributed by atoms with van der Waals surface area (Å²) in [4.78, 5) is 0. The Morgan fingerprint density at radius 3 is 1.93 bits per heavy atom. The number of rotatable bonds is 7. The van der Waals surface area contributed by atoms with Crippen molar-refractivity contribution in [3.8, 4) is 0 Å². The number of hydrogen-bond acceptors (Lipinski definition) is 0. The molecule has 0 N–H and O–H groups in total. The summed E-state index contributed by atoms with van der Waals surface area (Å²) >= 11 is 0. The van der Waals surface area contributed by atoms with E-state index in [4.69, 9.17) is 0 Å². The van der Waals surface area contributed by atoms with Crippen LogP contribution in [0, 0.1) is 0 Å². The van der Waals surface area contributed by atoms with Gasteiger partial charge in [0.05, 0.1) is 26.2 Å². The number of quaternary nitrogens is 1. The van der Waals surface area contributed by atoms with Gasteiger partial charge < -0.3 is 4.48 Å². The minimum Gasteiger partial charge on any atom is -0.324 e. The van der Waals surface area contributed by atoms with E-state index in [1.165, 1.54) is 36.6 Å². The predicted octanol–water partition coefficient (Wildman–Crippen LogP) is 3.83. The van der Waals surface area contributed by atoms with Crippen LogP contribution in [-0.4, -0.2) is 30.7 Å². The third-order valence-electron chi connectivity index (χ3n) is 4.09. The normalized spacial score (nSPS) is 16.7. The first-order valence-electron chi connectivity index (χ1n) is 6.30. The van der Waals surface area contributed by atoms with E-state index in [9.17, 15) is 0 Å². The van der Waals surface area contributed by atoms with Crippen LogP contribution in [0.3, 0.4) is 0 Å². The summed E-state index contributed by atoms with van der Waals surface area (Å²) in [5.74, 6) is 0. The first kappa shape index (κ1) is 14.0. The summed E-state index contributed by atoms with van der Waals surface area (Å²) in [6.45, 7) is 9.35. The summed E-state index contributed by atoms with van der Waals surface area (Å²) in [6, 6.07) is 1.59. The molecule has 0 saturated carbocycles. The Morgan fingerprint density at radius 2 is 1.50 bits per heavy atom. The van der Waals surface area contributed by atoms with Crippen molar-refractivity contribution in [1.29, 1.82) is 0 Å². The number of nitrogens with zero attached hydrogens (tertiary/aromatic N) is 1. The molecule has 0 fully saturated rings. The zero-order valence-corrected chi connectivity index (χ0v) is 11.1. The van der Waals surface area contributed by atoms with Crippen molar-refractivity contribution in [1.82, 2.24) is 0 Å². The second-order valence-electron chi connectivity index (χ2n) is 5.23. The van der Waals surface area contributed by atoms with Gasteiger partial charge in [-0.2, -0.15) is 0 Å². The van der Waals surface area contributed by atoms with Crippen molar-refractivity contribution in [3.63, 3.8) is 0 Å². The minimum atomic E-state index is 0.784. The molecule has 0 aromatic rings. The monoisotopic (exact) mass is 200 g/mol. The highest BCUT2D eigenvalue weighted by Gasteiger charge is 2.28. The molecule has 1 nitrogen and oxygen atoms in total. The fourth-order valence-corrected chi connectivity index (χ4v) is 1.93. The zero-order valence-electron chi connectivity index (χ0n) is 11.1. The largest absolute Gasteiger partial charge is 0.324 e. The molecule has 2 atom stereocenters. The maximum absolute atomic E-state index is 2.40. The maximum Gasteiger partial charge on any atom is 0.0859 e. The van der Waals surface area contributed by atoms with Crippen molar-refractivity contribution >= 4 is 0 Å². The van der Waals surface area contributed by atoms with Crippen molar-refractivity contribution in [2.45, 2.75) is 71.9 Å². The Kier molecular flexibility index (Phi) is 6.43. The van der Waals surface area contributed by atoms with E-state index in [2.05, 4.69) is 41.8 Å². The standard InChI is InChI=1S/C13H30N/c1-7-9-10-11-13(4)14(5,6)12(3)8-2/h12-13H,7-11H2,1-6H3/q+1. The Morgan fingerprint density at radius 1 is 0.929 bits per heavy atom. The molecule has 14 heavy (non-hydrogen) atoms. The van der Waals surface area contributed by atoms with E-state index in [-0.39, 0.29) is 0 Å². The lowest BCUT2D eigenvalue weighted by Gasteiger charge is -2.41. The summed E-state index contributed by atoms with van der Waals surface area (Å²) in [7, 11) is 4.76. The summed E-state index contributed by atoms with van der Waals surface area (Å²) in [6.07, 6.45) is 6.79. The zero-order chi connectivity index (χ0) is 11.2. The molecule has 2 unspecified atom stereocenters. The van der Waals surface area contributed by atoms with Crippen molar-refractivity contribution in [2.75, 3.05) is 14.1 Å². The molecular weight excluding hydrogens is 170 g/mol. The summed E-state index contributed by atoms with van der Waals surface area (Å²) in [5.41, 5.74) is 0.